The van der Waals surface area contributed by atoms with E-state index in [1.807, 2.05) is 12.1 Å². The molecule has 0 aliphatic carbocycles. The molecule has 0 saturated carbocycles. The summed E-state index contributed by atoms with van der Waals surface area (Å²) in [6, 6.07) is 3.83. The number of hydrogen-bond acceptors (Lipinski definition) is 3. The first kappa shape index (κ1) is 8.30. The number of rotatable bonds is 5. The lowest BCUT2D eigenvalue weighted by Gasteiger charge is -1.99. The fourth-order valence-corrected chi connectivity index (χ4v) is 0.799. The normalized spacial score (nSPS) is 10.3. The second-order valence-electron chi connectivity index (χ2n) is 2.25. The second-order valence-corrected chi connectivity index (χ2v) is 2.25. The molecule has 0 spiro atoms. The molecule has 0 amide bonds. The third-order valence-corrected chi connectivity index (χ3v) is 1.36. The van der Waals surface area contributed by atoms with Gasteiger partial charge in [0.2, 0.25) is 0 Å². The minimum absolute atomic E-state index is 0.737. The minimum atomic E-state index is 0.737. The molecule has 1 rings (SSSR count). The smallest absolute Gasteiger partial charge is 0.117 e. The highest BCUT2D eigenvalue weighted by Crippen LogP contribution is 1.97. The van der Waals surface area contributed by atoms with E-state index in [1.165, 1.54) is 0 Å². The average molecular weight is 155 g/mol. The van der Waals surface area contributed by atoms with Gasteiger partial charge in [0.25, 0.3) is 0 Å². The highest BCUT2D eigenvalue weighted by molar-refractivity contribution is 4.97. The van der Waals surface area contributed by atoms with Crippen molar-refractivity contribution in [3.8, 4) is 0 Å². The summed E-state index contributed by atoms with van der Waals surface area (Å²) in [5.74, 6) is 0.959. The number of nitrogens with one attached hydrogen (secondary N) is 1. The van der Waals surface area contributed by atoms with Crippen molar-refractivity contribution in [1.82, 2.24) is 5.32 Å². The zero-order valence-corrected chi connectivity index (χ0v) is 6.67. The molecule has 1 aromatic rings. The zero-order valence-electron chi connectivity index (χ0n) is 6.67. The van der Waals surface area contributed by atoms with Crippen molar-refractivity contribution in [2.45, 2.75) is 6.54 Å². The summed E-state index contributed by atoms with van der Waals surface area (Å²) in [5, 5.41) is 3.17. The van der Waals surface area contributed by atoms with Crippen LogP contribution in [0.25, 0.3) is 0 Å². The summed E-state index contributed by atoms with van der Waals surface area (Å²) in [4.78, 5) is 0. The fraction of sp³-hybridized carbons (Fsp3) is 0.500. The van der Waals surface area contributed by atoms with Gasteiger partial charge in [-0.3, -0.25) is 0 Å². The molecule has 0 fully saturated rings. The zero-order chi connectivity index (χ0) is 7.94. The Morgan fingerprint density at radius 2 is 2.55 bits per heavy atom. The van der Waals surface area contributed by atoms with E-state index in [1.54, 1.807) is 13.4 Å². The van der Waals surface area contributed by atoms with E-state index in [0.29, 0.717) is 0 Å². The fourth-order valence-electron chi connectivity index (χ4n) is 0.799. The molecular formula is C8H13NO2. The standard InChI is InChI=1S/C8H13NO2/c1-10-6-4-9-7-8-3-2-5-11-8/h2-3,5,9H,4,6-7H2,1H3. The van der Waals surface area contributed by atoms with Crippen molar-refractivity contribution in [3.05, 3.63) is 24.2 Å². The van der Waals surface area contributed by atoms with Crippen LogP contribution in [0.2, 0.25) is 0 Å². The second kappa shape index (κ2) is 4.93. The first-order valence-corrected chi connectivity index (χ1v) is 3.65. The number of furan rings is 1. The van der Waals surface area contributed by atoms with Crippen molar-refractivity contribution in [3.63, 3.8) is 0 Å². The van der Waals surface area contributed by atoms with Crippen LogP contribution in [0.4, 0.5) is 0 Å². The van der Waals surface area contributed by atoms with Gasteiger partial charge in [-0.15, -0.1) is 0 Å². The van der Waals surface area contributed by atoms with Crippen molar-refractivity contribution in [2.75, 3.05) is 20.3 Å². The molecular weight excluding hydrogens is 142 g/mol. The molecule has 0 radical (unpaired) electrons. The highest BCUT2D eigenvalue weighted by atomic mass is 16.5. The van der Waals surface area contributed by atoms with Crippen molar-refractivity contribution in [2.24, 2.45) is 0 Å². The summed E-state index contributed by atoms with van der Waals surface area (Å²) < 4.78 is 9.98. The van der Waals surface area contributed by atoms with Crippen LogP contribution < -0.4 is 5.32 Å². The predicted octanol–water partition coefficient (Wildman–Crippen LogP) is 1.02. The van der Waals surface area contributed by atoms with Crippen LogP contribution in [0, 0.1) is 0 Å². The molecule has 11 heavy (non-hydrogen) atoms. The SMILES string of the molecule is COCCNCc1ccco1. The molecule has 0 aromatic carbocycles. The van der Waals surface area contributed by atoms with E-state index in [2.05, 4.69) is 5.32 Å². The first-order chi connectivity index (χ1) is 5.43. The molecule has 3 heteroatoms. The highest BCUT2D eigenvalue weighted by Gasteiger charge is 1.92. The van der Waals surface area contributed by atoms with E-state index in [-0.39, 0.29) is 0 Å². The molecule has 0 bridgehead atoms. The van der Waals surface area contributed by atoms with E-state index in [9.17, 15) is 0 Å². The van der Waals surface area contributed by atoms with Gasteiger partial charge in [-0.1, -0.05) is 0 Å². The topological polar surface area (TPSA) is 34.4 Å². The van der Waals surface area contributed by atoms with Crippen molar-refractivity contribution in [1.29, 1.82) is 0 Å². The Kier molecular flexibility index (Phi) is 3.72. The monoisotopic (exact) mass is 155 g/mol. The van der Waals surface area contributed by atoms with Gasteiger partial charge in [0.05, 0.1) is 19.4 Å². The Morgan fingerprint density at radius 1 is 1.64 bits per heavy atom. The van der Waals surface area contributed by atoms with E-state index in [0.717, 1.165) is 25.5 Å². The molecule has 0 aliphatic heterocycles. The van der Waals surface area contributed by atoms with E-state index < -0.39 is 0 Å². The van der Waals surface area contributed by atoms with Gasteiger partial charge in [0.1, 0.15) is 5.76 Å². The van der Waals surface area contributed by atoms with Crippen LogP contribution in [-0.2, 0) is 11.3 Å². The molecule has 1 N–H and O–H groups in total. The van der Waals surface area contributed by atoms with Gasteiger partial charge in [0.15, 0.2) is 0 Å². The summed E-state index contributed by atoms with van der Waals surface area (Å²) in [6.45, 7) is 2.37. The number of ether oxygens (including phenoxy) is 1. The summed E-state index contributed by atoms with van der Waals surface area (Å²) in [5.41, 5.74) is 0. The van der Waals surface area contributed by atoms with Crippen LogP contribution in [0.15, 0.2) is 22.8 Å². The lowest BCUT2D eigenvalue weighted by Crippen LogP contribution is -2.18. The molecule has 0 unspecified atom stereocenters. The Bertz CT molecular complexity index is 172. The van der Waals surface area contributed by atoms with E-state index >= 15 is 0 Å². The van der Waals surface area contributed by atoms with E-state index in [4.69, 9.17) is 9.15 Å². The van der Waals surface area contributed by atoms with Crippen LogP contribution in [-0.4, -0.2) is 20.3 Å². The van der Waals surface area contributed by atoms with Gasteiger partial charge in [-0.05, 0) is 12.1 Å². The predicted molar refractivity (Wildman–Crippen MR) is 42.3 cm³/mol. The lowest BCUT2D eigenvalue weighted by molar-refractivity contribution is 0.198. The maximum Gasteiger partial charge on any atom is 0.117 e. The third-order valence-electron chi connectivity index (χ3n) is 1.36. The summed E-state index contributed by atoms with van der Waals surface area (Å²) in [6.07, 6.45) is 1.67. The van der Waals surface area contributed by atoms with Crippen LogP contribution in [0.5, 0.6) is 0 Å². The van der Waals surface area contributed by atoms with Crippen molar-refractivity contribution < 1.29 is 9.15 Å². The third kappa shape index (κ3) is 3.20. The Hall–Kier alpha value is -0.800. The van der Waals surface area contributed by atoms with Crippen LogP contribution >= 0.6 is 0 Å². The Morgan fingerprint density at radius 3 is 3.18 bits per heavy atom. The molecule has 0 saturated heterocycles. The molecule has 1 aromatic heterocycles. The molecule has 62 valence electrons. The van der Waals surface area contributed by atoms with Gasteiger partial charge >= 0.3 is 0 Å². The van der Waals surface area contributed by atoms with Crippen LogP contribution in [0.3, 0.4) is 0 Å². The van der Waals surface area contributed by atoms with Crippen molar-refractivity contribution >= 4 is 0 Å². The molecule has 0 atom stereocenters. The maximum atomic E-state index is 5.11. The van der Waals surface area contributed by atoms with Gasteiger partial charge < -0.3 is 14.5 Å². The maximum absolute atomic E-state index is 5.11. The summed E-state index contributed by atoms with van der Waals surface area (Å²) in [7, 11) is 1.69. The summed E-state index contributed by atoms with van der Waals surface area (Å²) >= 11 is 0. The largest absolute Gasteiger partial charge is 0.468 e. The van der Waals surface area contributed by atoms with Gasteiger partial charge in [0, 0.05) is 13.7 Å². The number of hydrogen-bond donors (Lipinski definition) is 1. The number of methoxy groups -OCH3 is 1. The minimum Gasteiger partial charge on any atom is -0.468 e. The van der Waals surface area contributed by atoms with Gasteiger partial charge in [-0.2, -0.15) is 0 Å². The molecule has 1 heterocycles. The molecule has 0 aliphatic rings. The average Bonchev–Trinajstić information content (AvgIpc) is 2.50. The van der Waals surface area contributed by atoms with Crippen LogP contribution in [0.1, 0.15) is 5.76 Å². The Balaban J connectivity index is 2.04. The lowest BCUT2D eigenvalue weighted by atomic mass is 10.4. The van der Waals surface area contributed by atoms with Gasteiger partial charge in [-0.25, -0.2) is 0 Å². The first-order valence-electron chi connectivity index (χ1n) is 3.65. The molecule has 3 nitrogen and oxygen atoms in total. The quantitative estimate of drug-likeness (QED) is 0.644. The Labute approximate surface area is 66.3 Å².